The smallest absolute Gasteiger partial charge is 0.247 e. The molecule has 1 aromatic carbocycles. The zero-order valence-electron chi connectivity index (χ0n) is 11.6. The summed E-state index contributed by atoms with van der Waals surface area (Å²) in [4.78, 5) is 26.9. The van der Waals surface area contributed by atoms with Crippen LogP contribution in [-0.2, 0) is 16.0 Å². The molecule has 0 aliphatic carbocycles. The lowest BCUT2D eigenvalue weighted by atomic mass is 10.2. The van der Waals surface area contributed by atoms with Crippen LogP contribution in [0.1, 0.15) is 12.2 Å². The molecule has 0 saturated heterocycles. The zero-order chi connectivity index (χ0) is 15.9. The minimum absolute atomic E-state index is 0.0297. The topological polar surface area (TPSA) is 99.8 Å². The molecular weight excluding hydrogens is 289 g/mol. The van der Waals surface area contributed by atoms with Gasteiger partial charge in [-0.2, -0.15) is 5.10 Å². The van der Waals surface area contributed by atoms with E-state index in [0.29, 0.717) is 17.9 Å². The zero-order valence-corrected chi connectivity index (χ0v) is 11.6. The minimum Gasteiger partial charge on any atom is -0.326 e. The van der Waals surface area contributed by atoms with Crippen molar-refractivity contribution in [3.63, 3.8) is 0 Å². The maximum Gasteiger partial charge on any atom is 0.247 e. The molecule has 3 N–H and O–H groups in total. The molecule has 0 saturated carbocycles. The monoisotopic (exact) mass is 303 g/mol. The number of aryl methyl sites for hydroxylation is 1. The fourth-order valence-corrected chi connectivity index (χ4v) is 1.69. The molecule has 0 atom stereocenters. The molecule has 22 heavy (non-hydrogen) atoms. The number of nitrogens with zero attached hydrogens (tertiary/aromatic N) is 2. The second-order valence-electron chi connectivity index (χ2n) is 4.37. The number of carbonyl (C=O) groups is 2. The summed E-state index contributed by atoms with van der Waals surface area (Å²) < 4.78 is 13.6. The molecule has 8 heteroatoms. The highest BCUT2D eigenvalue weighted by Gasteiger charge is 2.09. The van der Waals surface area contributed by atoms with Gasteiger partial charge in [0.05, 0.1) is 5.69 Å². The number of aromatic nitrogens is 3. The Labute approximate surface area is 125 Å². The first-order valence-corrected chi connectivity index (χ1v) is 6.45. The van der Waals surface area contributed by atoms with Gasteiger partial charge in [0.1, 0.15) is 18.0 Å². The molecule has 2 rings (SSSR count). The lowest BCUT2D eigenvalue weighted by molar-refractivity contribution is -0.116. The van der Waals surface area contributed by atoms with Gasteiger partial charge in [0.2, 0.25) is 11.8 Å². The minimum atomic E-state index is -0.602. The van der Waals surface area contributed by atoms with Gasteiger partial charge in [-0.05, 0) is 24.3 Å². The van der Waals surface area contributed by atoms with E-state index in [1.807, 2.05) is 0 Å². The van der Waals surface area contributed by atoms with Gasteiger partial charge in [-0.15, -0.1) is 0 Å². The molecule has 7 nitrogen and oxygen atoms in total. The average molecular weight is 303 g/mol. The molecule has 1 heterocycles. The summed E-state index contributed by atoms with van der Waals surface area (Å²) in [5, 5.41) is 11.3. The Morgan fingerprint density at radius 2 is 2.18 bits per heavy atom. The number of hydrogen-bond acceptors (Lipinski definition) is 4. The lowest BCUT2D eigenvalue weighted by Crippen LogP contribution is -2.14. The van der Waals surface area contributed by atoms with Crippen LogP contribution in [0.4, 0.5) is 15.8 Å². The molecule has 0 aliphatic rings. The van der Waals surface area contributed by atoms with Crippen molar-refractivity contribution in [1.29, 1.82) is 0 Å². The number of benzene rings is 1. The van der Waals surface area contributed by atoms with Crippen molar-refractivity contribution in [3.05, 3.63) is 48.8 Å². The van der Waals surface area contributed by atoms with Crippen LogP contribution in [-0.4, -0.2) is 27.0 Å². The number of aromatic amines is 1. The summed E-state index contributed by atoms with van der Waals surface area (Å²) in [6.45, 7) is 3.29. The Morgan fingerprint density at radius 1 is 1.36 bits per heavy atom. The predicted octanol–water partition coefficient (Wildman–Crippen LogP) is 1.64. The van der Waals surface area contributed by atoms with E-state index in [0.717, 1.165) is 12.1 Å². The van der Waals surface area contributed by atoms with E-state index < -0.39 is 11.7 Å². The van der Waals surface area contributed by atoms with E-state index in [1.54, 1.807) is 0 Å². The Balaban J connectivity index is 1.96. The molecule has 0 radical (unpaired) electrons. The van der Waals surface area contributed by atoms with Gasteiger partial charge in [0, 0.05) is 18.5 Å². The van der Waals surface area contributed by atoms with Crippen LogP contribution in [0.15, 0.2) is 37.2 Å². The normalized spacial score (nSPS) is 10.0. The van der Waals surface area contributed by atoms with Crippen molar-refractivity contribution in [1.82, 2.24) is 15.2 Å². The average Bonchev–Trinajstić information content (AvgIpc) is 3.02. The summed E-state index contributed by atoms with van der Waals surface area (Å²) in [7, 11) is 0. The van der Waals surface area contributed by atoms with Crippen molar-refractivity contribution in [2.75, 3.05) is 10.6 Å². The lowest BCUT2D eigenvalue weighted by Gasteiger charge is -2.08. The van der Waals surface area contributed by atoms with Crippen LogP contribution in [0.2, 0.25) is 0 Å². The fourth-order valence-electron chi connectivity index (χ4n) is 1.69. The number of H-pyrrole nitrogens is 1. The molecule has 2 aromatic rings. The Bertz CT molecular complexity index is 685. The molecule has 2 amide bonds. The van der Waals surface area contributed by atoms with Gasteiger partial charge < -0.3 is 10.6 Å². The van der Waals surface area contributed by atoms with Crippen molar-refractivity contribution in [3.8, 4) is 0 Å². The van der Waals surface area contributed by atoms with Crippen molar-refractivity contribution < 1.29 is 14.0 Å². The van der Waals surface area contributed by atoms with Gasteiger partial charge in [-0.25, -0.2) is 9.37 Å². The summed E-state index contributed by atoms with van der Waals surface area (Å²) in [5.41, 5.74) is 0.348. The number of anilines is 2. The van der Waals surface area contributed by atoms with Crippen LogP contribution >= 0.6 is 0 Å². The SMILES string of the molecule is C=CC(=O)Nc1cc(NC(=O)CCc2ncn[nH]2)ccc1F. The number of nitrogens with one attached hydrogen (secondary N) is 3. The highest BCUT2D eigenvalue weighted by molar-refractivity contribution is 5.99. The first-order chi connectivity index (χ1) is 10.6. The predicted molar refractivity (Wildman–Crippen MR) is 78.6 cm³/mol. The standard InChI is InChI=1S/C14H14FN5O2/c1-2-13(21)19-11-7-9(3-4-10(11)15)18-14(22)6-5-12-16-8-17-20-12/h2-4,7-8H,1,5-6H2,(H,18,22)(H,19,21)(H,16,17,20). The third kappa shape index (κ3) is 4.23. The Hall–Kier alpha value is -3.03. The van der Waals surface area contributed by atoms with Crippen molar-refractivity contribution in [2.45, 2.75) is 12.8 Å². The van der Waals surface area contributed by atoms with Crippen LogP contribution in [0.5, 0.6) is 0 Å². The highest BCUT2D eigenvalue weighted by Crippen LogP contribution is 2.20. The quantitative estimate of drug-likeness (QED) is 0.706. The second-order valence-corrected chi connectivity index (χ2v) is 4.37. The first-order valence-electron chi connectivity index (χ1n) is 6.45. The van der Waals surface area contributed by atoms with E-state index >= 15 is 0 Å². The number of rotatable bonds is 6. The Morgan fingerprint density at radius 3 is 2.86 bits per heavy atom. The summed E-state index contributed by atoms with van der Waals surface area (Å²) in [6.07, 6.45) is 3.00. The highest BCUT2D eigenvalue weighted by atomic mass is 19.1. The summed E-state index contributed by atoms with van der Waals surface area (Å²) in [6, 6.07) is 3.90. The van der Waals surface area contributed by atoms with E-state index in [-0.39, 0.29) is 18.0 Å². The molecule has 1 aromatic heterocycles. The van der Waals surface area contributed by atoms with Crippen molar-refractivity contribution in [2.24, 2.45) is 0 Å². The fraction of sp³-hybridized carbons (Fsp3) is 0.143. The van der Waals surface area contributed by atoms with Crippen molar-refractivity contribution >= 4 is 23.2 Å². The number of halogens is 1. The molecule has 0 fully saturated rings. The largest absolute Gasteiger partial charge is 0.326 e. The van der Waals surface area contributed by atoms with Gasteiger partial charge in [0.15, 0.2) is 0 Å². The molecule has 114 valence electrons. The van der Waals surface area contributed by atoms with E-state index in [4.69, 9.17) is 0 Å². The van der Waals surface area contributed by atoms with Crippen LogP contribution in [0, 0.1) is 5.82 Å². The van der Waals surface area contributed by atoms with Gasteiger partial charge in [-0.1, -0.05) is 6.58 Å². The van der Waals surface area contributed by atoms with Crippen LogP contribution in [0.25, 0.3) is 0 Å². The maximum atomic E-state index is 13.6. The van der Waals surface area contributed by atoms with E-state index in [9.17, 15) is 14.0 Å². The van der Waals surface area contributed by atoms with Gasteiger partial charge in [0.25, 0.3) is 0 Å². The van der Waals surface area contributed by atoms with Gasteiger partial charge >= 0.3 is 0 Å². The first kappa shape index (κ1) is 15.4. The molecule has 0 unspecified atom stereocenters. The Kier molecular flexibility index (Phi) is 4.97. The molecule has 0 bridgehead atoms. The molecular formula is C14H14FN5O2. The number of hydrogen-bond donors (Lipinski definition) is 3. The van der Waals surface area contributed by atoms with Crippen LogP contribution in [0.3, 0.4) is 0 Å². The molecule has 0 aliphatic heterocycles. The van der Waals surface area contributed by atoms with Gasteiger partial charge in [-0.3, -0.25) is 14.7 Å². The summed E-state index contributed by atoms with van der Waals surface area (Å²) >= 11 is 0. The van der Waals surface area contributed by atoms with E-state index in [1.165, 1.54) is 18.5 Å². The summed E-state index contributed by atoms with van der Waals surface area (Å²) in [5.74, 6) is -0.792. The molecule has 0 spiro atoms. The maximum absolute atomic E-state index is 13.6. The number of amides is 2. The van der Waals surface area contributed by atoms with Crippen LogP contribution < -0.4 is 10.6 Å². The third-order valence-corrected chi connectivity index (χ3v) is 2.75. The third-order valence-electron chi connectivity index (χ3n) is 2.75. The number of carbonyl (C=O) groups excluding carboxylic acids is 2. The van der Waals surface area contributed by atoms with E-state index in [2.05, 4.69) is 32.4 Å². The second kappa shape index (κ2) is 7.11.